The predicted octanol–water partition coefficient (Wildman–Crippen LogP) is 3.08. The number of hydrogen-bond acceptors (Lipinski definition) is 3. The molecule has 1 aliphatic rings. The molecule has 0 radical (unpaired) electrons. The van der Waals surface area contributed by atoms with Crippen molar-refractivity contribution in [3.63, 3.8) is 0 Å². The molecule has 0 spiro atoms. The number of hydrogen-bond donors (Lipinski definition) is 2. The third-order valence-corrected chi connectivity index (χ3v) is 5.00. The van der Waals surface area contributed by atoms with Crippen LogP contribution in [0.15, 0.2) is 17.5 Å². The van der Waals surface area contributed by atoms with Gasteiger partial charge in [0.2, 0.25) is 5.91 Å². The maximum Gasteiger partial charge on any atom is 0.237 e. The van der Waals surface area contributed by atoms with Crippen LogP contribution < -0.4 is 11.1 Å². The zero-order valence-electron chi connectivity index (χ0n) is 11.8. The topological polar surface area (TPSA) is 55.1 Å². The van der Waals surface area contributed by atoms with Gasteiger partial charge < -0.3 is 11.1 Å². The summed E-state index contributed by atoms with van der Waals surface area (Å²) in [6, 6.07) is 3.91. The van der Waals surface area contributed by atoms with Gasteiger partial charge in [-0.1, -0.05) is 32.8 Å². The Morgan fingerprint density at radius 1 is 1.42 bits per heavy atom. The van der Waals surface area contributed by atoms with E-state index in [-0.39, 0.29) is 17.9 Å². The van der Waals surface area contributed by atoms with E-state index in [0.29, 0.717) is 5.92 Å². The highest BCUT2D eigenvalue weighted by Gasteiger charge is 2.30. The third kappa shape index (κ3) is 3.57. The fourth-order valence-corrected chi connectivity index (χ4v) is 3.60. The van der Waals surface area contributed by atoms with Crippen LogP contribution in [0.3, 0.4) is 0 Å². The summed E-state index contributed by atoms with van der Waals surface area (Å²) in [4.78, 5) is 13.5. The van der Waals surface area contributed by atoms with Crippen molar-refractivity contribution in [3.8, 4) is 0 Å². The average Bonchev–Trinajstić information content (AvgIpc) is 3.07. The van der Waals surface area contributed by atoms with Crippen LogP contribution in [0, 0.1) is 11.8 Å². The van der Waals surface area contributed by atoms with Crippen molar-refractivity contribution in [2.45, 2.75) is 51.6 Å². The van der Waals surface area contributed by atoms with Crippen molar-refractivity contribution >= 4 is 17.2 Å². The summed E-state index contributed by atoms with van der Waals surface area (Å²) >= 11 is 1.72. The summed E-state index contributed by atoms with van der Waals surface area (Å²) in [5.74, 6) is 0.731. The highest BCUT2D eigenvalue weighted by atomic mass is 32.1. The standard InChI is InChI=1S/C15H24N2OS/c1-10(2)13(16)15(18)17-14(11-6-3-4-7-11)12-8-5-9-19-12/h5,8-11,13-14H,3-4,6-7,16H2,1-2H3,(H,17,18)/t13-,14?/m1/s1. The van der Waals surface area contributed by atoms with Crippen LogP contribution in [-0.2, 0) is 4.79 Å². The van der Waals surface area contributed by atoms with Crippen LogP contribution >= 0.6 is 11.3 Å². The molecule has 0 aliphatic heterocycles. The number of rotatable bonds is 5. The van der Waals surface area contributed by atoms with E-state index in [1.165, 1.54) is 30.6 Å². The van der Waals surface area contributed by atoms with Crippen molar-refractivity contribution in [3.05, 3.63) is 22.4 Å². The molecule has 1 unspecified atom stereocenters. The maximum atomic E-state index is 12.2. The summed E-state index contributed by atoms with van der Waals surface area (Å²) in [6.07, 6.45) is 4.97. The fraction of sp³-hybridized carbons (Fsp3) is 0.667. The molecule has 0 bridgehead atoms. The van der Waals surface area contributed by atoms with Crippen molar-refractivity contribution < 1.29 is 4.79 Å². The Kier molecular flexibility index (Phi) is 4.99. The van der Waals surface area contributed by atoms with Gasteiger partial charge in [0.15, 0.2) is 0 Å². The summed E-state index contributed by atoms with van der Waals surface area (Å²) in [6.45, 7) is 3.97. The Bertz CT molecular complexity index is 396. The van der Waals surface area contributed by atoms with Crippen LogP contribution in [-0.4, -0.2) is 11.9 Å². The van der Waals surface area contributed by atoms with Crippen molar-refractivity contribution in [2.24, 2.45) is 17.6 Å². The van der Waals surface area contributed by atoms with Gasteiger partial charge in [-0.25, -0.2) is 0 Å². The van der Waals surface area contributed by atoms with Crippen molar-refractivity contribution in [1.82, 2.24) is 5.32 Å². The molecular weight excluding hydrogens is 256 g/mol. The predicted molar refractivity (Wildman–Crippen MR) is 80.0 cm³/mol. The SMILES string of the molecule is CC(C)[C@@H](N)C(=O)NC(c1cccs1)C1CCCC1. The van der Waals surface area contributed by atoms with E-state index < -0.39 is 6.04 Å². The summed E-state index contributed by atoms with van der Waals surface area (Å²) in [5.41, 5.74) is 5.95. The van der Waals surface area contributed by atoms with Gasteiger partial charge in [0.05, 0.1) is 12.1 Å². The Hall–Kier alpha value is -0.870. The first kappa shape index (κ1) is 14.5. The van der Waals surface area contributed by atoms with Crippen LogP contribution in [0.2, 0.25) is 0 Å². The molecule has 3 N–H and O–H groups in total. The van der Waals surface area contributed by atoms with E-state index in [4.69, 9.17) is 5.73 Å². The number of thiophene rings is 1. The largest absolute Gasteiger partial charge is 0.347 e. The molecule has 1 aromatic heterocycles. The first-order valence-electron chi connectivity index (χ1n) is 7.19. The van der Waals surface area contributed by atoms with E-state index in [0.717, 1.165) is 0 Å². The molecule has 1 aromatic rings. The number of amides is 1. The summed E-state index contributed by atoms with van der Waals surface area (Å²) < 4.78 is 0. The molecule has 1 saturated carbocycles. The Morgan fingerprint density at radius 2 is 2.11 bits per heavy atom. The van der Waals surface area contributed by atoms with E-state index >= 15 is 0 Å². The van der Waals surface area contributed by atoms with Gasteiger partial charge in [-0.15, -0.1) is 11.3 Å². The first-order valence-corrected chi connectivity index (χ1v) is 8.07. The normalized spacial score (nSPS) is 19.6. The van der Waals surface area contributed by atoms with Crippen LogP contribution in [0.1, 0.15) is 50.4 Å². The second kappa shape index (κ2) is 6.53. The fourth-order valence-electron chi connectivity index (χ4n) is 2.73. The van der Waals surface area contributed by atoms with Gasteiger partial charge >= 0.3 is 0 Å². The van der Waals surface area contributed by atoms with Gasteiger partial charge in [-0.05, 0) is 36.1 Å². The van der Waals surface area contributed by atoms with Crippen LogP contribution in [0.5, 0.6) is 0 Å². The zero-order valence-corrected chi connectivity index (χ0v) is 12.6. The van der Waals surface area contributed by atoms with E-state index in [1.54, 1.807) is 11.3 Å². The lowest BCUT2D eigenvalue weighted by molar-refractivity contribution is -0.124. The van der Waals surface area contributed by atoms with Gasteiger partial charge in [0, 0.05) is 4.88 Å². The molecule has 1 heterocycles. The van der Waals surface area contributed by atoms with Crippen molar-refractivity contribution in [2.75, 3.05) is 0 Å². The van der Waals surface area contributed by atoms with Crippen LogP contribution in [0.4, 0.5) is 0 Å². The van der Waals surface area contributed by atoms with Gasteiger partial charge in [-0.3, -0.25) is 4.79 Å². The minimum atomic E-state index is -0.413. The van der Waals surface area contributed by atoms with Gasteiger partial charge in [-0.2, -0.15) is 0 Å². The Labute approximate surface area is 119 Å². The molecule has 4 heteroatoms. The molecule has 19 heavy (non-hydrogen) atoms. The Morgan fingerprint density at radius 3 is 2.63 bits per heavy atom. The molecule has 3 nitrogen and oxygen atoms in total. The van der Waals surface area contributed by atoms with E-state index in [2.05, 4.69) is 22.8 Å². The lowest BCUT2D eigenvalue weighted by Crippen LogP contribution is -2.46. The molecule has 0 aromatic carbocycles. The van der Waals surface area contributed by atoms with E-state index in [9.17, 15) is 4.79 Å². The number of nitrogens with one attached hydrogen (secondary N) is 1. The van der Waals surface area contributed by atoms with Crippen LogP contribution in [0.25, 0.3) is 0 Å². The van der Waals surface area contributed by atoms with Gasteiger partial charge in [0.1, 0.15) is 0 Å². The third-order valence-electron chi connectivity index (χ3n) is 4.04. The minimum Gasteiger partial charge on any atom is -0.347 e. The summed E-state index contributed by atoms with van der Waals surface area (Å²) in [5, 5.41) is 5.26. The summed E-state index contributed by atoms with van der Waals surface area (Å²) in [7, 11) is 0. The molecule has 1 fully saturated rings. The smallest absolute Gasteiger partial charge is 0.237 e. The Balaban J connectivity index is 2.08. The first-order chi connectivity index (χ1) is 9.09. The molecule has 1 aliphatic carbocycles. The second-order valence-electron chi connectivity index (χ2n) is 5.82. The molecule has 2 rings (SSSR count). The second-order valence-corrected chi connectivity index (χ2v) is 6.80. The highest BCUT2D eigenvalue weighted by Crippen LogP contribution is 2.37. The quantitative estimate of drug-likeness (QED) is 0.871. The monoisotopic (exact) mass is 280 g/mol. The maximum absolute atomic E-state index is 12.2. The molecule has 2 atom stereocenters. The minimum absolute atomic E-state index is 0.0136. The number of carbonyl (C=O) groups excluding carboxylic acids is 1. The lowest BCUT2D eigenvalue weighted by Gasteiger charge is -2.26. The number of carbonyl (C=O) groups is 1. The molecular formula is C15H24N2OS. The lowest BCUT2D eigenvalue weighted by atomic mass is 9.95. The molecule has 106 valence electrons. The number of nitrogens with two attached hydrogens (primary N) is 1. The average molecular weight is 280 g/mol. The highest BCUT2D eigenvalue weighted by molar-refractivity contribution is 7.10. The molecule has 0 saturated heterocycles. The van der Waals surface area contributed by atoms with Gasteiger partial charge in [0.25, 0.3) is 0 Å². The molecule has 1 amide bonds. The van der Waals surface area contributed by atoms with E-state index in [1.807, 2.05) is 13.8 Å². The zero-order chi connectivity index (χ0) is 13.8. The van der Waals surface area contributed by atoms with Crippen molar-refractivity contribution in [1.29, 1.82) is 0 Å².